The summed E-state index contributed by atoms with van der Waals surface area (Å²) in [6.45, 7) is 0.394. The highest BCUT2D eigenvalue weighted by Crippen LogP contribution is 2.34. The number of rotatable bonds is 9. The number of fused-ring (bicyclic) bond motifs is 1. The molecule has 0 aliphatic carbocycles. The molecule has 0 radical (unpaired) electrons. The van der Waals surface area contributed by atoms with E-state index in [0.29, 0.717) is 28.9 Å². The number of aliphatic hydroxyl groups is 1. The van der Waals surface area contributed by atoms with Crippen molar-refractivity contribution in [1.29, 1.82) is 5.26 Å². The minimum Gasteiger partial charge on any atom is -0.489 e. The quantitative estimate of drug-likeness (QED) is 0.273. The number of pyridine rings is 1. The Morgan fingerprint density at radius 2 is 1.85 bits per heavy atom. The number of amides is 2. The summed E-state index contributed by atoms with van der Waals surface area (Å²) in [5.41, 5.74) is 0.940. The van der Waals surface area contributed by atoms with Gasteiger partial charge in [0.2, 0.25) is 0 Å². The molecular weight excluding hydrogens is 508 g/mol. The standard InChI is InChI=1S/C28H25F2N5O4/c1-35(2)15-20(36)16-38-27-13-25-22(11-17(27)14-31)26(9-10-32-25)39-21-7-8-24(23(30)12-21)34-28(37)33-19-5-3-18(29)4-6-19/h3-13,20,36H,15-16H2,1-2H3,(H2,33,34,37)/t20-/m0/s1. The van der Waals surface area contributed by atoms with Crippen LogP contribution in [0.3, 0.4) is 0 Å². The van der Waals surface area contributed by atoms with Gasteiger partial charge in [0.15, 0.2) is 0 Å². The Balaban J connectivity index is 1.48. The van der Waals surface area contributed by atoms with Crippen molar-refractivity contribution in [2.24, 2.45) is 0 Å². The smallest absolute Gasteiger partial charge is 0.323 e. The first-order valence-corrected chi connectivity index (χ1v) is 11.8. The lowest BCUT2D eigenvalue weighted by Gasteiger charge is -2.17. The first-order valence-electron chi connectivity index (χ1n) is 11.8. The van der Waals surface area contributed by atoms with E-state index in [-0.39, 0.29) is 29.4 Å². The van der Waals surface area contributed by atoms with Crippen molar-refractivity contribution in [3.05, 3.63) is 84.1 Å². The highest BCUT2D eigenvalue weighted by atomic mass is 19.1. The van der Waals surface area contributed by atoms with E-state index in [1.165, 1.54) is 42.6 Å². The van der Waals surface area contributed by atoms with E-state index in [1.807, 2.05) is 19.0 Å². The minimum atomic E-state index is -0.746. The van der Waals surface area contributed by atoms with Crippen LogP contribution in [0.1, 0.15) is 5.56 Å². The molecule has 4 rings (SSSR count). The molecule has 0 aliphatic rings. The maximum atomic E-state index is 14.8. The Bertz CT molecular complexity index is 1520. The van der Waals surface area contributed by atoms with E-state index in [9.17, 15) is 23.9 Å². The molecule has 0 bridgehead atoms. The number of halogens is 2. The fraction of sp³-hybridized carbons (Fsp3) is 0.179. The summed E-state index contributed by atoms with van der Waals surface area (Å²) in [6, 6.07) is 15.1. The van der Waals surface area contributed by atoms with Gasteiger partial charge in [-0.05, 0) is 62.6 Å². The van der Waals surface area contributed by atoms with Crippen molar-refractivity contribution in [2.45, 2.75) is 6.10 Å². The number of ether oxygens (including phenoxy) is 2. The van der Waals surface area contributed by atoms with Crippen LogP contribution < -0.4 is 20.1 Å². The molecule has 39 heavy (non-hydrogen) atoms. The van der Waals surface area contributed by atoms with Crippen LogP contribution in [-0.2, 0) is 0 Å². The van der Waals surface area contributed by atoms with Gasteiger partial charge >= 0.3 is 6.03 Å². The lowest BCUT2D eigenvalue weighted by atomic mass is 10.1. The van der Waals surface area contributed by atoms with E-state index < -0.39 is 23.8 Å². The third-order valence-electron chi connectivity index (χ3n) is 5.45. The average Bonchev–Trinajstić information content (AvgIpc) is 2.89. The Hall–Kier alpha value is -4.79. The number of carbonyl (C=O) groups is 1. The SMILES string of the molecule is CN(C)C[C@H](O)COc1cc2nccc(Oc3ccc(NC(=O)Nc4ccc(F)cc4)c(F)c3)c2cc1C#N. The second kappa shape index (κ2) is 12.2. The van der Waals surface area contributed by atoms with Crippen molar-refractivity contribution in [3.8, 4) is 23.3 Å². The van der Waals surface area contributed by atoms with E-state index in [4.69, 9.17) is 9.47 Å². The topological polar surface area (TPSA) is 120 Å². The molecule has 1 heterocycles. The summed E-state index contributed by atoms with van der Waals surface area (Å²) in [5.74, 6) is -0.449. The zero-order valence-electron chi connectivity index (χ0n) is 21.1. The van der Waals surface area contributed by atoms with Gasteiger partial charge in [-0.25, -0.2) is 13.6 Å². The van der Waals surface area contributed by atoms with Gasteiger partial charge in [0.05, 0.1) is 16.8 Å². The number of nitrogens with one attached hydrogen (secondary N) is 2. The van der Waals surface area contributed by atoms with Gasteiger partial charge in [0.1, 0.15) is 47.7 Å². The molecule has 0 unspecified atom stereocenters. The first kappa shape index (κ1) is 27.3. The van der Waals surface area contributed by atoms with Crippen molar-refractivity contribution in [2.75, 3.05) is 37.9 Å². The molecule has 0 spiro atoms. The Morgan fingerprint density at radius 1 is 1.08 bits per heavy atom. The Labute approximate surface area is 223 Å². The van der Waals surface area contributed by atoms with Gasteiger partial charge in [-0.1, -0.05) is 0 Å². The zero-order chi connectivity index (χ0) is 27.9. The maximum absolute atomic E-state index is 14.8. The molecule has 1 atom stereocenters. The summed E-state index contributed by atoms with van der Waals surface area (Å²) in [4.78, 5) is 18.3. The fourth-order valence-electron chi connectivity index (χ4n) is 3.71. The van der Waals surface area contributed by atoms with Crippen LogP contribution in [0.4, 0.5) is 25.0 Å². The summed E-state index contributed by atoms with van der Waals surface area (Å²) in [6.07, 6.45) is 0.756. The van der Waals surface area contributed by atoms with Crippen molar-refractivity contribution >= 4 is 28.3 Å². The summed E-state index contributed by atoms with van der Waals surface area (Å²) < 4.78 is 39.3. The second-order valence-electron chi connectivity index (χ2n) is 8.84. The Morgan fingerprint density at radius 3 is 2.54 bits per heavy atom. The summed E-state index contributed by atoms with van der Waals surface area (Å²) >= 11 is 0. The average molecular weight is 534 g/mol. The number of nitrogens with zero attached hydrogens (tertiary/aromatic N) is 3. The number of benzene rings is 3. The van der Waals surface area contributed by atoms with Crippen LogP contribution in [0.15, 0.2) is 66.9 Å². The number of hydrogen-bond donors (Lipinski definition) is 3. The number of aliphatic hydroxyl groups excluding tert-OH is 1. The largest absolute Gasteiger partial charge is 0.489 e. The molecule has 11 heteroatoms. The van der Waals surface area contributed by atoms with E-state index >= 15 is 0 Å². The minimum absolute atomic E-state index is 0.00383. The molecule has 0 saturated carbocycles. The predicted octanol–water partition coefficient (Wildman–Crippen LogP) is 5.12. The van der Waals surface area contributed by atoms with Crippen molar-refractivity contribution < 1.29 is 28.2 Å². The second-order valence-corrected chi connectivity index (χ2v) is 8.84. The summed E-state index contributed by atoms with van der Waals surface area (Å²) in [5, 5.41) is 25.1. The fourth-order valence-corrected chi connectivity index (χ4v) is 3.71. The maximum Gasteiger partial charge on any atom is 0.323 e. The molecular formula is C28H25F2N5O4. The molecule has 0 saturated heterocycles. The summed E-state index contributed by atoms with van der Waals surface area (Å²) in [7, 11) is 3.66. The highest BCUT2D eigenvalue weighted by molar-refractivity contribution is 5.99. The highest BCUT2D eigenvalue weighted by Gasteiger charge is 2.15. The zero-order valence-corrected chi connectivity index (χ0v) is 21.1. The van der Waals surface area contributed by atoms with Gasteiger partial charge in [0, 0.05) is 35.9 Å². The predicted molar refractivity (Wildman–Crippen MR) is 142 cm³/mol. The number of hydrogen-bond acceptors (Lipinski definition) is 7. The van der Waals surface area contributed by atoms with Crippen LogP contribution in [-0.4, -0.2) is 54.4 Å². The van der Waals surface area contributed by atoms with Crippen molar-refractivity contribution in [3.63, 3.8) is 0 Å². The molecule has 2 amide bonds. The number of likely N-dealkylation sites (N-methyl/N-ethyl adjacent to an activating group) is 1. The third-order valence-corrected chi connectivity index (χ3v) is 5.45. The first-order chi connectivity index (χ1) is 18.7. The van der Waals surface area contributed by atoms with Crippen LogP contribution in [0.5, 0.6) is 17.2 Å². The van der Waals surface area contributed by atoms with E-state index in [1.54, 1.807) is 18.2 Å². The van der Waals surface area contributed by atoms with Gasteiger partial charge in [-0.2, -0.15) is 5.26 Å². The van der Waals surface area contributed by atoms with Crippen LogP contribution in [0, 0.1) is 23.0 Å². The van der Waals surface area contributed by atoms with Gasteiger partial charge in [-0.15, -0.1) is 0 Å². The monoisotopic (exact) mass is 533 g/mol. The number of aromatic nitrogens is 1. The van der Waals surface area contributed by atoms with Gasteiger partial charge in [-0.3, -0.25) is 4.98 Å². The Kier molecular flexibility index (Phi) is 8.50. The molecule has 3 N–H and O–H groups in total. The molecule has 200 valence electrons. The van der Waals surface area contributed by atoms with Crippen molar-refractivity contribution in [1.82, 2.24) is 9.88 Å². The molecule has 1 aromatic heterocycles. The lowest BCUT2D eigenvalue weighted by molar-refractivity contribution is 0.0830. The molecule has 3 aromatic carbocycles. The third kappa shape index (κ3) is 7.16. The van der Waals surface area contributed by atoms with Gasteiger partial charge < -0.3 is 30.1 Å². The normalized spacial score (nSPS) is 11.6. The van der Waals surface area contributed by atoms with E-state index in [0.717, 1.165) is 6.07 Å². The molecule has 0 aliphatic heterocycles. The number of carbonyl (C=O) groups excluding carboxylic acids is 1. The molecule has 0 fully saturated rings. The lowest BCUT2D eigenvalue weighted by Crippen LogP contribution is -2.30. The van der Waals surface area contributed by atoms with Crippen LogP contribution >= 0.6 is 0 Å². The van der Waals surface area contributed by atoms with Crippen LogP contribution in [0.25, 0.3) is 10.9 Å². The number of anilines is 2. The van der Waals surface area contributed by atoms with E-state index in [2.05, 4.69) is 21.7 Å². The van der Waals surface area contributed by atoms with Gasteiger partial charge in [0.25, 0.3) is 0 Å². The number of nitriles is 1. The van der Waals surface area contributed by atoms with Crippen LogP contribution in [0.2, 0.25) is 0 Å². The molecule has 4 aromatic rings. The number of urea groups is 1. The molecule has 9 nitrogen and oxygen atoms in total.